The first kappa shape index (κ1) is 21.9. The first-order valence-corrected chi connectivity index (χ1v) is 11.8. The van der Waals surface area contributed by atoms with Crippen molar-refractivity contribution in [1.82, 2.24) is 14.8 Å². The highest BCUT2D eigenvalue weighted by Gasteiger charge is 2.22. The van der Waals surface area contributed by atoms with Crippen LogP contribution in [0.2, 0.25) is 0 Å². The van der Waals surface area contributed by atoms with Crippen molar-refractivity contribution in [3.8, 4) is 10.6 Å². The van der Waals surface area contributed by atoms with Gasteiger partial charge in [0, 0.05) is 31.7 Å². The summed E-state index contributed by atoms with van der Waals surface area (Å²) in [6.07, 6.45) is 0.711. The standard InChI is InChI=1S/C18H25N3O6S2/c1-3-26-18(22)14-12-15(27-20-14)16-4-5-17(28-16)29(23,24)19-7-6-13(2)21-8-10-25-11-9-21/h4-5,12-13,19H,3,6-11H2,1-2H3/t13-/m1/s1. The largest absolute Gasteiger partial charge is 0.461 e. The number of thiophene rings is 1. The predicted molar refractivity (Wildman–Crippen MR) is 107 cm³/mol. The Hall–Kier alpha value is -1.79. The summed E-state index contributed by atoms with van der Waals surface area (Å²) < 4.78 is 43.4. The van der Waals surface area contributed by atoms with Gasteiger partial charge in [0.05, 0.1) is 24.7 Å². The summed E-state index contributed by atoms with van der Waals surface area (Å²) >= 11 is 1.05. The van der Waals surface area contributed by atoms with Gasteiger partial charge in [-0.15, -0.1) is 11.3 Å². The first-order chi connectivity index (χ1) is 13.9. The zero-order valence-electron chi connectivity index (χ0n) is 16.4. The van der Waals surface area contributed by atoms with Crippen molar-refractivity contribution in [2.75, 3.05) is 39.5 Å². The van der Waals surface area contributed by atoms with Crippen LogP contribution in [0, 0.1) is 0 Å². The molecular formula is C18H25N3O6S2. The third-order valence-electron chi connectivity index (χ3n) is 4.61. The second kappa shape index (κ2) is 9.81. The molecule has 0 aliphatic carbocycles. The van der Waals surface area contributed by atoms with Crippen LogP contribution in [0.5, 0.6) is 0 Å². The number of carbonyl (C=O) groups is 1. The van der Waals surface area contributed by atoms with Crippen LogP contribution in [0.1, 0.15) is 30.8 Å². The minimum Gasteiger partial charge on any atom is -0.461 e. The summed E-state index contributed by atoms with van der Waals surface area (Å²) in [4.78, 5) is 14.5. The Morgan fingerprint density at radius 3 is 2.86 bits per heavy atom. The lowest BCUT2D eigenvalue weighted by Crippen LogP contribution is -2.43. The average Bonchev–Trinajstić information content (AvgIpc) is 3.38. The third kappa shape index (κ3) is 5.64. The van der Waals surface area contributed by atoms with Crippen LogP contribution in [0.25, 0.3) is 10.6 Å². The molecule has 1 aliphatic rings. The van der Waals surface area contributed by atoms with Crippen LogP contribution in [0.3, 0.4) is 0 Å². The molecule has 1 fully saturated rings. The van der Waals surface area contributed by atoms with Gasteiger partial charge < -0.3 is 14.0 Å². The minimum atomic E-state index is -3.62. The lowest BCUT2D eigenvalue weighted by atomic mass is 10.2. The predicted octanol–water partition coefficient (Wildman–Crippen LogP) is 1.97. The Labute approximate surface area is 174 Å². The number of nitrogens with zero attached hydrogens (tertiary/aromatic N) is 2. The average molecular weight is 444 g/mol. The Kier molecular flexibility index (Phi) is 7.41. The fourth-order valence-corrected chi connectivity index (χ4v) is 5.31. The van der Waals surface area contributed by atoms with E-state index in [9.17, 15) is 13.2 Å². The van der Waals surface area contributed by atoms with Gasteiger partial charge in [0.25, 0.3) is 0 Å². The molecule has 3 rings (SSSR count). The van der Waals surface area contributed by atoms with Gasteiger partial charge in [-0.1, -0.05) is 5.16 Å². The number of hydrogen-bond donors (Lipinski definition) is 1. The van der Waals surface area contributed by atoms with E-state index in [4.69, 9.17) is 14.0 Å². The summed E-state index contributed by atoms with van der Waals surface area (Å²) in [6, 6.07) is 4.86. The van der Waals surface area contributed by atoms with Crippen LogP contribution in [-0.2, 0) is 19.5 Å². The van der Waals surface area contributed by atoms with Crippen molar-refractivity contribution in [2.24, 2.45) is 0 Å². The highest BCUT2D eigenvalue weighted by atomic mass is 32.2. The highest BCUT2D eigenvalue weighted by molar-refractivity contribution is 7.91. The van der Waals surface area contributed by atoms with Crippen LogP contribution < -0.4 is 4.72 Å². The molecule has 160 valence electrons. The molecule has 0 spiro atoms. The van der Waals surface area contributed by atoms with Crippen molar-refractivity contribution in [3.63, 3.8) is 0 Å². The van der Waals surface area contributed by atoms with Gasteiger partial charge in [-0.05, 0) is 32.4 Å². The van der Waals surface area contributed by atoms with Gasteiger partial charge in [0.15, 0.2) is 11.5 Å². The molecule has 1 saturated heterocycles. The first-order valence-electron chi connectivity index (χ1n) is 9.46. The fourth-order valence-electron chi connectivity index (χ4n) is 2.96. The van der Waals surface area contributed by atoms with Gasteiger partial charge in [-0.2, -0.15) is 0 Å². The van der Waals surface area contributed by atoms with Crippen molar-refractivity contribution < 1.29 is 27.2 Å². The molecule has 29 heavy (non-hydrogen) atoms. The Morgan fingerprint density at radius 1 is 1.38 bits per heavy atom. The second-order valence-corrected chi connectivity index (χ2v) is 9.68. The summed E-state index contributed by atoms with van der Waals surface area (Å²) in [7, 11) is -3.62. The second-order valence-electron chi connectivity index (χ2n) is 6.60. The topological polar surface area (TPSA) is 111 Å². The summed E-state index contributed by atoms with van der Waals surface area (Å²) in [5.41, 5.74) is 0.0508. The number of carbonyl (C=O) groups excluding carboxylic acids is 1. The molecule has 1 atom stereocenters. The van der Waals surface area contributed by atoms with E-state index in [0.717, 1.165) is 24.4 Å². The maximum atomic E-state index is 12.6. The van der Waals surface area contributed by atoms with E-state index in [0.29, 0.717) is 36.8 Å². The number of aromatic nitrogens is 1. The van der Waals surface area contributed by atoms with Crippen molar-refractivity contribution >= 4 is 27.3 Å². The number of hydrogen-bond acceptors (Lipinski definition) is 9. The monoisotopic (exact) mass is 443 g/mol. The summed E-state index contributed by atoms with van der Waals surface area (Å²) in [5.74, 6) is -0.261. The molecule has 0 unspecified atom stereocenters. The van der Waals surface area contributed by atoms with Crippen LogP contribution in [0.4, 0.5) is 0 Å². The quantitative estimate of drug-likeness (QED) is 0.586. The Morgan fingerprint density at radius 2 is 2.14 bits per heavy atom. The molecule has 2 aromatic rings. The highest BCUT2D eigenvalue weighted by Crippen LogP contribution is 2.31. The molecule has 9 nitrogen and oxygen atoms in total. The Bertz CT molecular complexity index is 918. The molecule has 2 aromatic heterocycles. The summed E-state index contributed by atoms with van der Waals surface area (Å²) in [6.45, 7) is 7.54. The maximum Gasteiger partial charge on any atom is 0.360 e. The van der Waals surface area contributed by atoms with E-state index in [2.05, 4.69) is 21.7 Å². The Balaban J connectivity index is 1.57. The molecule has 0 saturated carbocycles. The van der Waals surface area contributed by atoms with Crippen LogP contribution in [-0.4, -0.2) is 69.9 Å². The van der Waals surface area contributed by atoms with E-state index in [1.54, 1.807) is 13.0 Å². The normalized spacial score (nSPS) is 16.6. The molecule has 0 aromatic carbocycles. The molecule has 0 bridgehead atoms. The van der Waals surface area contributed by atoms with Gasteiger partial charge in [-0.3, -0.25) is 4.90 Å². The lowest BCUT2D eigenvalue weighted by molar-refractivity contribution is 0.0190. The molecule has 1 aliphatic heterocycles. The van der Waals surface area contributed by atoms with E-state index < -0.39 is 16.0 Å². The number of morpholine rings is 1. The molecule has 0 amide bonds. The number of ether oxygens (including phenoxy) is 2. The molecular weight excluding hydrogens is 418 g/mol. The number of sulfonamides is 1. The van der Waals surface area contributed by atoms with E-state index in [1.165, 1.54) is 12.1 Å². The zero-order valence-corrected chi connectivity index (χ0v) is 18.1. The van der Waals surface area contributed by atoms with E-state index in [-0.39, 0.29) is 22.6 Å². The van der Waals surface area contributed by atoms with E-state index in [1.807, 2.05) is 0 Å². The molecule has 11 heteroatoms. The van der Waals surface area contributed by atoms with Gasteiger partial charge in [0.2, 0.25) is 10.0 Å². The van der Waals surface area contributed by atoms with Crippen molar-refractivity contribution in [1.29, 1.82) is 0 Å². The fraction of sp³-hybridized carbons (Fsp3) is 0.556. The van der Waals surface area contributed by atoms with Crippen LogP contribution in [0.15, 0.2) is 26.9 Å². The maximum absolute atomic E-state index is 12.6. The summed E-state index contributed by atoms with van der Waals surface area (Å²) in [5, 5.41) is 3.67. The van der Waals surface area contributed by atoms with Gasteiger partial charge >= 0.3 is 5.97 Å². The number of esters is 1. The minimum absolute atomic E-state index is 0.0508. The molecule has 0 radical (unpaired) electrons. The molecule has 3 heterocycles. The SMILES string of the molecule is CCOC(=O)c1cc(-c2ccc(S(=O)(=O)NCC[C@@H](C)N3CCOCC3)s2)on1. The van der Waals surface area contributed by atoms with Crippen molar-refractivity contribution in [2.45, 2.75) is 30.5 Å². The number of rotatable bonds is 9. The number of nitrogens with one attached hydrogen (secondary N) is 1. The van der Waals surface area contributed by atoms with Crippen LogP contribution >= 0.6 is 11.3 Å². The third-order valence-corrected chi connectivity index (χ3v) is 7.66. The molecule has 1 N–H and O–H groups in total. The van der Waals surface area contributed by atoms with Gasteiger partial charge in [-0.25, -0.2) is 17.9 Å². The van der Waals surface area contributed by atoms with Gasteiger partial charge in [0.1, 0.15) is 4.21 Å². The lowest BCUT2D eigenvalue weighted by Gasteiger charge is -2.32. The smallest absolute Gasteiger partial charge is 0.360 e. The van der Waals surface area contributed by atoms with E-state index >= 15 is 0 Å². The zero-order chi connectivity index (χ0) is 20.9. The van der Waals surface area contributed by atoms with Crippen molar-refractivity contribution in [3.05, 3.63) is 23.9 Å².